The van der Waals surface area contributed by atoms with Crippen molar-refractivity contribution in [2.24, 2.45) is 0 Å². The maximum absolute atomic E-state index is 13.6. The molecule has 0 saturated carbocycles. The van der Waals surface area contributed by atoms with Crippen LogP contribution in [0.4, 0.5) is 4.39 Å². The normalized spacial score (nSPS) is 10.2. The van der Waals surface area contributed by atoms with E-state index < -0.39 is 0 Å². The Labute approximate surface area is 100 Å². The Kier molecular flexibility index (Phi) is 3.14. The molecule has 3 nitrogen and oxygen atoms in total. The van der Waals surface area contributed by atoms with Crippen LogP contribution in [-0.2, 0) is 0 Å². The minimum absolute atomic E-state index is 0.158. The Hall–Kier alpha value is -1.49. The molecule has 0 aliphatic carbocycles. The zero-order valence-corrected chi connectivity index (χ0v) is 10.0. The maximum Gasteiger partial charge on any atom is 0.223 e. The van der Waals surface area contributed by atoms with E-state index in [0.29, 0.717) is 16.0 Å². The molecular formula is C11H8BrFN2O. The number of hydrogen-bond donors (Lipinski definition) is 0. The zero-order valence-electron chi connectivity index (χ0n) is 8.45. The number of aromatic nitrogens is 2. The molecule has 0 fully saturated rings. The number of hydrogen-bond acceptors (Lipinski definition) is 3. The van der Waals surface area contributed by atoms with Gasteiger partial charge in [0.15, 0.2) is 11.6 Å². The van der Waals surface area contributed by atoms with Crippen molar-refractivity contribution >= 4 is 15.9 Å². The third kappa shape index (κ3) is 2.36. The van der Waals surface area contributed by atoms with Gasteiger partial charge in [-0.05, 0) is 34.5 Å². The topological polar surface area (TPSA) is 35.0 Å². The highest BCUT2D eigenvalue weighted by molar-refractivity contribution is 9.10. The second-order valence-corrected chi connectivity index (χ2v) is 3.98. The van der Waals surface area contributed by atoms with Crippen molar-refractivity contribution in [3.05, 3.63) is 46.6 Å². The van der Waals surface area contributed by atoms with E-state index in [1.54, 1.807) is 31.2 Å². The molecule has 82 valence electrons. The van der Waals surface area contributed by atoms with Crippen LogP contribution < -0.4 is 4.74 Å². The largest absolute Gasteiger partial charge is 0.436 e. The van der Waals surface area contributed by atoms with Crippen LogP contribution in [-0.4, -0.2) is 9.97 Å². The van der Waals surface area contributed by atoms with Crippen molar-refractivity contribution in [2.75, 3.05) is 0 Å². The molecule has 0 unspecified atom stereocenters. The van der Waals surface area contributed by atoms with Crippen LogP contribution >= 0.6 is 15.9 Å². The van der Waals surface area contributed by atoms with Crippen molar-refractivity contribution in [3.63, 3.8) is 0 Å². The molecule has 0 saturated heterocycles. The van der Waals surface area contributed by atoms with Crippen molar-refractivity contribution in [1.82, 2.24) is 9.97 Å². The number of benzene rings is 1. The van der Waals surface area contributed by atoms with Gasteiger partial charge in [0, 0.05) is 6.07 Å². The average Bonchev–Trinajstić information content (AvgIpc) is 2.25. The molecule has 2 aromatic rings. The maximum atomic E-state index is 13.6. The van der Waals surface area contributed by atoms with E-state index >= 15 is 0 Å². The molecule has 0 radical (unpaired) electrons. The molecule has 1 aromatic heterocycles. The first-order chi connectivity index (χ1) is 7.66. The second kappa shape index (κ2) is 4.57. The van der Waals surface area contributed by atoms with Gasteiger partial charge in [0.2, 0.25) is 5.88 Å². The number of rotatable bonds is 2. The molecule has 2 rings (SSSR count). The molecular weight excluding hydrogens is 275 g/mol. The lowest BCUT2D eigenvalue weighted by molar-refractivity contribution is 0.424. The summed E-state index contributed by atoms with van der Waals surface area (Å²) in [6.45, 7) is 1.68. The molecule has 0 atom stereocenters. The monoisotopic (exact) mass is 282 g/mol. The van der Waals surface area contributed by atoms with Crippen molar-refractivity contribution < 1.29 is 9.13 Å². The molecule has 0 N–H and O–H groups in total. The molecule has 16 heavy (non-hydrogen) atoms. The van der Waals surface area contributed by atoms with E-state index in [4.69, 9.17) is 4.74 Å². The van der Waals surface area contributed by atoms with Gasteiger partial charge in [-0.15, -0.1) is 0 Å². The Morgan fingerprint density at radius 3 is 2.88 bits per heavy atom. The Morgan fingerprint density at radius 2 is 2.12 bits per heavy atom. The lowest BCUT2D eigenvalue weighted by Gasteiger charge is -2.06. The van der Waals surface area contributed by atoms with Gasteiger partial charge >= 0.3 is 0 Å². The number of halogens is 2. The van der Waals surface area contributed by atoms with Gasteiger partial charge in [-0.1, -0.05) is 12.1 Å². The predicted octanol–water partition coefficient (Wildman–Crippen LogP) is 3.48. The summed E-state index contributed by atoms with van der Waals surface area (Å²) in [6.07, 6.45) is 1.34. The fourth-order valence-corrected chi connectivity index (χ4v) is 1.47. The van der Waals surface area contributed by atoms with Gasteiger partial charge in [-0.2, -0.15) is 0 Å². The lowest BCUT2D eigenvalue weighted by atomic mass is 10.2. The van der Waals surface area contributed by atoms with E-state index in [1.165, 1.54) is 6.33 Å². The molecule has 1 heterocycles. The van der Waals surface area contributed by atoms with Gasteiger partial charge in [-0.3, -0.25) is 0 Å². The first kappa shape index (κ1) is 11.0. The minimum atomic E-state index is -0.378. The van der Waals surface area contributed by atoms with Crippen LogP contribution in [0.3, 0.4) is 0 Å². The van der Waals surface area contributed by atoms with Gasteiger partial charge in [0.25, 0.3) is 0 Å². The summed E-state index contributed by atoms with van der Waals surface area (Å²) < 4.78 is 19.5. The number of ether oxygens (including phenoxy) is 1. The highest BCUT2D eigenvalue weighted by Gasteiger charge is 2.07. The summed E-state index contributed by atoms with van der Waals surface area (Å²) >= 11 is 3.18. The van der Waals surface area contributed by atoms with Gasteiger partial charge in [0.1, 0.15) is 10.9 Å². The van der Waals surface area contributed by atoms with E-state index in [1.807, 2.05) is 0 Å². The van der Waals surface area contributed by atoms with Crippen LogP contribution in [0.2, 0.25) is 0 Å². The molecule has 5 heteroatoms. The van der Waals surface area contributed by atoms with Crippen LogP contribution in [0.25, 0.3) is 0 Å². The molecule has 0 amide bonds. The summed E-state index contributed by atoms with van der Waals surface area (Å²) in [5.74, 6) is 0.0780. The Morgan fingerprint density at radius 1 is 1.31 bits per heavy atom. The predicted molar refractivity (Wildman–Crippen MR) is 60.9 cm³/mol. The van der Waals surface area contributed by atoms with E-state index in [2.05, 4.69) is 25.9 Å². The average molecular weight is 283 g/mol. The summed E-state index contributed by atoms with van der Waals surface area (Å²) in [5.41, 5.74) is 0.533. The summed E-state index contributed by atoms with van der Waals surface area (Å²) in [6, 6.07) is 6.53. The van der Waals surface area contributed by atoms with Gasteiger partial charge in [0.05, 0.1) is 0 Å². The first-order valence-corrected chi connectivity index (χ1v) is 5.36. The summed E-state index contributed by atoms with van der Waals surface area (Å²) in [4.78, 5) is 7.73. The van der Waals surface area contributed by atoms with Crippen LogP contribution in [0.5, 0.6) is 11.6 Å². The van der Waals surface area contributed by atoms with Crippen LogP contribution in [0.1, 0.15) is 5.56 Å². The first-order valence-electron chi connectivity index (χ1n) is 4.57. The molecule has 0 aliphatic heterocycles. The smallest absolute Gasteiger partial charge is 0.223 e. The van der Waals surface area contributed by atoms with Gasteiger partial charge in [-0.25, -0.2) is 14.4 Å². The molecule has 0 bridgehead atoms. The quantitative estimate of drug-likeness (QED) is 0.791. The summed E-state index contributed by atoms with van der Waals surface area (Å²) in [7, 11) is 0. The lowest BCUT2D eigenvalue weighted by Crippen LogP contribution is -1.93. The van der Waals surface area contributed by atoms with E-state index in [0.717, 1.165) is 0 Å². The zero-order chi connectivity index (χ0) is 11.5. The number of nitrogens with zero attached hydrogens (tertiary/aromatic N) is 2. The molecule has 1 aromatic carbocycles. The van der Waals surface area contributed by atoms with Crippen LogP contribution in [0, 0.1) is 12.7 Å². The fourth-order valence-electron chi connectivity index (χ4n) is 1.19. The number of aryl methyl sites for hydroxylation is 1. The molecule has 0 spiro atoms. The fraction of sp³-hybridized carbons (Fsp3) is 0.0909. The SMILES string of the molecule is Cc1cccc(Oc2cc(Br)ncn2)c1F. The standard InChI is InChI=1S/C11H8BrFN2O/c1-7-3-2-4-8(11(7)13)16-10-5-9(12)14-6-15-10/h2-6H,1H3. The highest BCUT2D eigenvalue weighted by atomic mass is 79.9. The Bertz CT molecular complexity index is 519. The third-order valence-corrected chi connectivity index (χ3v) is 2.41. The van der Waals surface area contributed by atoms with Crippen molar-refractivity contribution in [3.8, 4) is 11.6 Å². The highest BCUT2D eigenvalue weighted by Crippen LogP contribution is 2.25. The van der Waals surface area contributed by atoms with E-state index in [-0.39, 0.29) is 11.6 Å². The summed E-state index contributed by atoms with van der Waals surface area (Å²) in [5, 5.41) is 0. The van der Waals surface area contributed by atoms with Crippen LogP contribution in [0.15, 0.2) is 35.2 Å². The minimum Gasteiger partial charge on any atom is -0.436 e. The van der Waals surface area contributed by atoms with E-state index in [9.17, 15) is 4.39 Å². The van der Waals surface area contributed by atoms with Crippen molar-refractivity contribution in [1.29, 1.82) is 0 Å². The Balaban J connectivity index is 2.31. The molecule has 0 aliphatic rings. The van der Waals surface area contributed by atoms with Gasteiger partial charge < -0.3 is 4.74 Å². The second-order valence-electron chi connectivity index (χ2n) is 3.17. The third-order valence-electron chi connectivity index (χ3n) is 1.98. The van der Waals surface area contributed by atoms with Crippen molar-refractivity contribution in [2.45, 2.75) is 6.92 Å².